The maximum atomic E-state index is 10.1. The summed E-state index contributed by atoms with van der Waals surface area (Å²) in [5.74, 6) is 0.155. The molecule has 1 heterocycles. The normalized spacial score (nSPS) is 35.0. The van der Waals surface area contributed by atoms with Gasteiger partial charge in [-0.2, -0.15) is 0 Å². The Bertz CT molecular complexity index is 220. The first-order valence-corrected chi connectivity index (χ1v) is 4.54. The zero-order chi connectivity index (χ0) is 9.19. The Kier molecular flexibility index (Phi) is 2.68. The van der Waals surface area contributed by atoms with Crippen LogP contribution in [-0.2, 0) is 0 Å². The molecule has 1 aliphatic heterocycles. The predicted octanol–water partition coefficient (Wildman–Crippen LogP) is 2.14. The van der Waals surface area contributed by atoms with Crippen LogP contribution in [0.25, 0.3) is 0 Å². The molecule has 0 saturated heterocycles. The van der Waals surface area contributed by atoms with Crippen molar-refractivity contribution in [2.75, 3.05) is 0 Å². The number of aliphatic hydroxyl groups is 1. The summed E-state index contributed by atoms with van der Waals surface area (Å²) in [5.41, 5.74) is 0.370. The third-order valence-electron chi connectivity index (χ3n) is 2.67. The van der Waals surface area contributed by atoms with Gasteiger partial charge in [0.1, 0.15) is 0 Å². The van der Waals surface area contributed by atoms with Gasteiger partial charge in [-0.25, -0.2) is 0 Å². The van der Waals surface area contributed by atoms with E-state index >= 15 is 0 Å². The van der Waals surface area contributed by atoms with Gasteiger partial charge in [-0.15, -0.1) is 0 Å². The van der Waals surface area contributed by atoms with Gasteiger partial charge in [-0.05, 0) is 19.4 Å². The number of hydrogen-bond donors (Lipinski definition) is 1. The smallest absolute Gasteiger partial charge is 0.0922 e. The molecule has 0 aromatic heterocycles. The van der Waals surface area contributed by atoms with Crippen LogP contribution in [-0.4, -0.2) is 16.4 Å². The second kappa shape index (κ2) is 3.40. The first-order chi connectivity index (χ1) is 5.60. The molecule has 68 valence electrons. The fourth-order valence-corrected chi connectivity index (χ4v) is 1.60. The van der Waals surface area contributed by atoms with E-state index in [4.69, 9.17) is 0 Å². The molecule has 2 heteroatoms. The minimum Gasteiger partial charge on any atom is -0.385 e. The number of aliphatic imine (C=N–C) groups is 1. The Hall–Kier alpha value is -0.630. The Labute approximate surface area is 74.0 Å². The zero-order valence-electron chi connectivity index (χ0n) is 8.04. The summed E-state index contributed by atoms with van der Waals surface area (Å²) in [7, 11) is 0. The van der Waals surface area contributed by atoms with Gasteiger partial charge in [-0.3, -0.25) is 4.99 Å². The van der Waals surface area contributed by atoms with E-state index in [0.717, 1.165) is 18.6 Å². The largest absolute Gasteiger partial charge is 0.385 e. The van der Waals surface area contributed by atoms with E-state index < -0.39 is 5.60 Å². The van der Waals surface area contributed by atoms with Crippen molar-refractivity contribution in [1.82, 2.24) is 0 Å². The molecule has 0 amide bonds. The summed E-state index contributed by atoms with van der Waals surface area (Å²) >= 11 is 0. The summed E-state index contributed by atoms with van der Waals surface area (Å²) in [4.78, 5) is 4.16. The molecule has 0 bridgehead atoms. The van der Waals surface area contributed by atoms with Gasteiger partial charge in [0, 0.05) is 17.8 Å². The molecule has 12 heavy (non-hydrogen) atoms. The molecule has 0 saturated carbocycles. The lowest BCUT2D eigenvalue weighted by molar-refractivity contribution is 0.0503. The molecule has 0 aromatic rings. The van der Waals surface area contributed by atoms with E-state index in [1.54, 1.807) is 6.20 Å². The van der Waals surface area contributed by atoms with Gasteiger partial charge in [0.05, 0.1) is 5.60 Å². The highest BCUT2D eigenvalue weighted by atomic mass is 16.3. The number of hydrogen-bond acceptors (Lipinski definition) is 2. The van der Waals surface area contributed by atoms with Crippen LogP contribution < -0.4 is 0 Å². The van der Waals surface area contributed by atoms with Crippen molar-refractivity contribution >= 4 is 5.71 Å². The van der Waals surface area contributed by atoms with Crippen molar-refractivity contribution in [3.63, 3.8) is 0 Å². The van der Waals surface area contributed by atoms with E-state index in [1.165, 1.54) is 0 Å². The van der Waals surface area contributed by atoms with Gasteiger partial charge in [0.15, 0.2) is 0 Å². The second-order valence-electron chi connectivity index (χ2n) is 3.55. The highest BCUT2D eigenvalue weighted by molar-refractivity contribution is 5.86. The third kappa shape index (κ3) is 1.58. The van der Waals surface area contributed by atoms with E-state index in [0.29, 0.717) is 0 Å². The molecule has 2 nitrogen and oxygen atoms in total. The highest BCUT2D eigenvalue weighted by Gasteiger charge is 2.33. The van der Waals surface area contributed by atoms with Gasteiger partial charge in [0.2, 0.25) is 0 Å². The fraction of sp³-hybridized carbons (Fsp3) is 0.700. The fourth-order valence-electron chi connectivity index (χ4n) is 1.60. The lowest BCUT2D eigenvalue weighted by Crippen LogP contribution is -2.39. The lowest BCUT2D eigenvalue weighted by Gasteiger charge is -2.33. The van der Waals surface area contributed by atoms with Crippen molar-refractivity contribution in [3.8, 4) is 0 Å². The Balaban J connectivity index is 2.80. The standard InChI is InChI=1S/C10H17NO/c1-4-5-10(12)6-7-11-9(3)8(10)2/h6-8,12H,4-5H2,1-3H3. The monoisotopic (exact) mass is 167 g/mol. The van der Waals surface area contributed by atoms with Crippen LogP contribution in [0.4, 0.5) is 0 Å². The molecule has 0 aliphatic carbocycles. The van der Waals surface area contributed by atoms with Crippen LogP contribution in [0.1, 0.15) is 33.6 Å². The summed E-state index contributed by atoms with van der Waals surface area (Å²) in [6.07, 6.45) is 5.34. The van der Waals surface area contributed by atoms with Crippen molar-refractivity contribution < 1.29 is 5.11 Å². The Morgan fingerprint density at radius 1 is 1.67 bits per heavy atom. The average molecular weight is 167 g/mol. The SMILES string of the molecule is CCCC1(O)C=CN=C(C)C1C. The molecule has 1 N–H and O–H groups in total. The molecule has 2 atom stereocenters. The topological polar surface area (TPSA) is 32.6 Å². The minimum atomic E-state index is -0.652. The summed E-state index contributed by atoms with van der Waals surface area (Å²) in [6.45, 7) is 6.08. The second-order valence-corrected chi connectivity index (χ2v) is 3.55. The first-order valence-electron chi connectivity index (χ1n) is 4.54. The molecular weight excluding hydrogens is 150 g/mol. The van der Waals surface area contributed by atoms with E-state index in [2.05, 4.69) is 11.9 Å². The number of nitrogens with zero attached hydrogens (tertiary/aromatic N) is 1. The molecule has 1 aliphatic rings. The van der Waals surface area contributed by atoms with Crippen molar-refractivity contribution in [2.45, 2.75) is 39.2 Å². The highest BCUT2D eigenvalue weighted by Crippen LogP contribution is 2.28. The number of rotatable bonds is 2. The molecule has 0 fully saturated rings. The van der Waals surface area contributed by atoms with Crippen molar-refractivity contribution in [2.24, 2.45) is 10.9 Å². The summed E-state index contributed by atoms with van der Waals surface area (Å²) in [6, 6.07) is 0. The van der Waals surface area contributed by atoms with Crippen LogP contribution >= 0.6 is 0 Å². The van der Waals surface area contributed by atoms with E-state index in [9.17, 15) is 5.11 Å². The molecule has 1 rings (SSSR count). The van der Waals surface area contributed by atoms with Gasteiger partial charge < -0.3 is 5.11 Å². The molecule has 2 unspecified atom stereocenters. The van der Waals surface area contributed by atoms with Crippen LogP contribution in [0, 0.1) is 5.92 Å². The quantitative estimate of drug-likeness (QED) is 0.671. The maximum absolute atomic E-state index is 10.1. The van der Waals surface area contributed by atoms with Gasteiger partial charge in [0.25, 0.3) is 0 Å². The van der Waals surface area contributed by atoms with Gasteiger partial charge in [-0.1, -0.05) is 20.3 Å². The van der Waals surface area contributed by atoms with Gasteiger partial charge >= 0.3 is 0 Å². The maximum Gasteiger partial charge on any atom is 0.0922 e. The predicted molar refractivity (Wildman–Crippen MR) is 51.3 cm³/mol. The molecule has 0 spiro atoms. The Morgan fingerprint density at radius 3 is 2.92 bits per heavy atom. The van der Waals surface area contributed by atoms with Crippen molar-refractivity contribution in [1.29, 1.82) is 0 Å². The van der Waals surface area contributed by atoms with Crippen LogP contribution in [0.2, 0.25) is 0 Å². The summed E-state index contributed by atoms with van der Waals surface area (Å²) in [5, 5.41) is 10.1. The average Bonchev–Trinajstić information content (AvgIpc) is 2.01. The summed E-state index contributed by atoms with van der Waals surface area (Å²) < 4.78 is 0. The molecule has 0 radical (unpaired) electrons. The van der Waals surface area contributed by atoms with Crippen molar-refractivity contribution in [3.05, 3.63) is 12.3 Å². The van der Waals surface area contributed by atoms with Crippen LogP contribution in [0.15, 0.2) is 17.3 Å². The zero-order valence-corrected chi connectivity index (χ0v) is 8.04. The van der Waals surface area contributed by atoms with Crippen LogP contribution in [0.3, 0.4) is 0 Å². The third-order valence-corrected chi connectivity index (χ3v) is 2.67. The first kappa shape index (κ1) is 9.46. The minimum absolute atomic E-state index is 0.155. The molecular formula is C10H17NO. The Morgan fingerprint density at radius 2 is 2.33 bits per heavy atom. The molecule has 0 aromatic carbocycles. The van der Waals surface area contributed by atoms with E-state index in [-0.39, 0.29) is 5.92 Å². The van der Waals surface area contributed by atoms with Crippen LogP contribution in [0.5, 0.6) is 0 Å². The lowest BCUT2D eigenvalue weighted by atomic mass is 9.81. The van der Waals surface area contributed by atoms with E-state index in [1.807, 2.05) is 19.9 Å².